The van der Waals surface area contributed by atoms with Gasteiger partial charge in [0.1, 0.15) is 5.75 Å². The summed E-state index contributed by atoms with van der Waals surface area (Å²) in [7, 11) is 0. The molecule has 0 bridgehead atoms. The summed E-state index contributed by atoms with van der Waals surface area (Å²) >= 11 is 3.39. The summed E-state index contributed by atoms with van der Waals surface area (Å²) < 4.78 is 0. The first kappa shape index (κ1) is 11.5. The van der Waals surface area contributed by atoms with Crippen molar-refractivity contribution in [3.63, 3.8) is 0 Å². The first-order valence-electron chi connectivity index (χ1n) is 5.24. The van der Waals surface area contributed by atoms with Crippen molar-refractivity contribution in [2.75, 3.05) is 5.33 Å². The van der Waals surface area contributed by atoms with E-state index >= 15 is 0 Å². The predicted molar refractivity (Wildman–Crippen MR) is 66.1 cm³/mol. The highest BCUT2D eigenvalue weighted by atomic mass is 79.9. The number of hydrogen-bond acceptors (Lipinski definition) is 2. The van der Waals surface area contributed by atoms with Crippen molar-refractivity contribution in [1.82, 2.24) is 5.32 Å². The number of phenolic OH excluding ortho intramolecular Hbond substituents is 1. The number of nitrogens with one attached hydrogen (secondary N) is 1. The lowest BCUT2D eigenvalue weighted by molar-refractivity contribution is 0.0934. The number of amides is 1. The molecule has 0 unspecified atom stereocenters. The quantitative estimate of drug-likeness (QED) is 0.837. The standard InChI is InChI=1S/C12H14BrNO2/c1-8-2-3-10(15)9(6-8)11(16)14-12(7-13)4-5-12/h2-3,6,15H,4-5,7H2,1H3,(H,14,16). The Morgan fingerprint density at radius 2 is 2.25 bits per heavy atom. The van der Waals surface area contributed by atoms with Gasteiger partial charge in [0.2, 0.25) is 0 Å². The fraction of sp³-hybridized carbons (Fsp3) is 0.417. The SMILES string of the molecule is Cc1ccc(O)c(C(=O)NC2(CBr)CC2)c1. The zero-order valence-corrected chi connectivity index (χ0v) is 10.7. The molecule has 16 heavy (non-hydrogen) atoms. The number of carbonyl (C=O) groups is 1. The third-order valence-corrected chi connectivity index (χ3v) is 3.96. The third kappa shape index (κ3) is 2.21. The number of benzene rings is 1. The monoisotopic (exact) mass is 283 g/mol. The van der Waals surface area contributed by atoms with Crippen molar-refractivity contribution in [2.24, 2.45) is 0 Å². The number of aryl methyl sites for hydroxylation is 1. The Bertz CT molecular complexity index is 427. The van der Waals surface area contributed by atoms with Crippen molar-refractivity contribution in [2.45, 2.75) is 25.3 Å². The molecule has 0 atom stereocenters. The van der Waals surface area contributed by atoms with Crippen LogP contribution < -0.4 is 5.32 Å². The molecule has 1 aromatic carbocycles. The molecule has 86 valence electrons. The second-order valence-electron chi connectivity index (χ2n) is 4.39. The molecule has 1 aromatic rings. The third-order valence-electron chi connectivity index (χ3n) is 2.88. The Balaban J connectivity index is 2.17. The first-order chi connectivity index (χ1) is 7.56. The minimum atomic E-state index is -0.196. The highest BCUT2D eigenvalue weighted by Crippen LogP contribution is 2.37. The summed E-state index contributed by atoms with van der Waals surface area (Å²) in [6, 6.07) is 5.04. The van der Waals surface area contributed by atoms with Gasteiger partial charge in [0.15, 0.2) is 0 Å². The van der Waals surface area contributed by atoms with Crippen molar-refractivity contribution < 1.29 is 9.90 Å². The van der Waals surface area contributed by atoms with Crippen LogP contribution in [0.4, 0.5) is 0 Å². The van der Waals surface area contributed by atoms with Crippen LogP contribution in [-0.2, 0) is 0 Å². The van der Waals surface area contributed by atoms with Crippen molar-refractivity contribution in [1.29, 1.82) is 0 Å². The second-order valence-corrected chi connectivity index (χ2v) is 4.95. The molecule has 3 nitrogen and oxygen atoms in total. The van der Waals surface area contributed by atoms with Crippen LogP contribution in [0.2, 0.25) is 0 Å². The molecule has 1 saturated carbocycles. The van der Waals surface area contributed by atoms with Crippen molar-refractivity contribution >= 4 is 21.8 Å². The Hall–Kier alpha value is -1.03. The molecule has 1 fully saturated rings. The van der Waals surface area contributed by atoms with Gasteiger partial charge in [-0.05, 0) is 31.9 Å². The Morgan fingerprint density at radius 1 is 1.56 bits per heavy atom. The number of carbonyl (C=O) groups excluding carboxylic acids is 1. The lowest BCUT2D eigenvalue weighted by Gasteiger charge is -2.15. The predicted octanol–water partition coefficient (Wildman–Crippen LogP) is 2.36. The molecule has 0 aliphatic heterocycles. The van der Waals surface area contributed by atoms with Crippen molar-refractivity contribution in [3.05, 3.63) is 29.3 Å². The van der Waals surface area contributed by atoms with E-state index < -0.39 is 0 Å². The van der Waals surface area contributed by atoms with Crippen molar-refractivity contribution in [3.8, 4) is 5.75 Å². The van der Waals surface area contributed by atoms with E-state index in [0.29, 0.717) is 5.56 Å². The zero-order valence-electron chi connectivity index (χ0n) is 9.09. The maximum Gasteiger partial charge on any atom is 0.255 e. The average molecular weight is 284 g/mol. The summed E-state index contributed by atoms with van der Waals surface area (Å²) in [5.41, 5.74) is 1.23. The summed E-state index contributed by atoms with van der Waals surface area (Å²) in [5, 5.41) is 13.3. The normalized spacial score (nSPS) is 16.9. The fourth-order valence-electron chi connectivity index (χ4n) is 1.58. The summed E-state index contributed by atoms with van der Waals surface area (Å²) in [4.78, 5) is 11.9. The Morgan fingerprint density at radius 3 is 2.81 bits per heavy atom. The number of alkyl halides is 1. The van der Waals surface area contributed by atoms with Crippen LogP contribution >= 0.6 is 15.9 Å². The molecule has 1 aliphatic carbocycles. The molecular formula is C12H14BrNO2. The number of halogens is 1. The summed E-state index contributed by atoms with van der Waals surface area (Å²) in [5.74, 6) is -0.161. The topological polar surface area (TPSA) is 49.3 Å². The fourth-order valence-corrected chi connectivity index (χ4v) is 2.28. The van der Waals surface area contributed by atoms with E-state index in [2.05, 4.69) is 21.2 Å². The molecule has 2 rings (SSSR count). The van der Waals surface area contributed by atoms with E-state index in [1.54, 1.807) is 18.2 Å². The van der Waals surface area contributed by atoms with Crippen LogP contribution in [0.25, 0.3) is 0 Å². The number of hydrogen-bond donors (Lipinski definition) is 2. The van der Waals surface area contributed by atoms with Gasteiger partial charge in [-0.2, -0.15) is 0 Å². The minimum Gasteiger partial charge on any atom is -0.507 e. The van der Waals surface area contributed by atoms with Gasteiger partial charge in [-0.1, -0.05) is 27.6 Å². The largest absolute Gasteiger partial charge is 0.507 e. The van der Waals surface area contributed by atoms with Gasteiger partial charge < -0.3 is 10.4 Å². The lowest BCUT2D eigenvalue weighted by atomic mass is 10.1. The van der Waals surface area contributed by atoms with Crippen LogP contribution in [0.1, 0.15) is 28.8 Å². The average Bonchev–Trinajstić information content (AvgIpc) is 3.02. The molecule has 1 amide bonds. The smallest absolute Gasteiger partial charge is 0.255 e. The van der Waals surface area contributed by atoms with Crippen LogP contribution in [-0.4, -0.2) is 21.9 Å². The molecule has 0 aromatic heterocycles. The Labute approximate surface area is 103 Å². The van der Waals surface area contributed by atoms with Gasteiger partial charge in [0, 0.05) is 5.33 Å². The van der Waals surface area contributed by atoms with Gasteiger partial charge in [0.25, 0.3) is 5.91 Å². The number of rotatable bonds is 3. The van der Waals surface area contributed by atoms with Gasteiger partial charge in [0.05, 0.1) is 11.1 Å². The zero-order chi connectivity index (χ0) is 11.8. The summed E-state index contributed by atoms with van der Waals surface area (Å²) in [6.45, 7) is 1.90. The van der Waals surface area contributed by atoms with E-state index in [-0.39, 0.29) is 17.2 Å². The molecule has 0 saturated heterocycles. The molecule has 0 spiro atoms. The van der Waals surface area contributed by atoms with Gasteiger partial charge in [-0.25, -0.2) is 0 Å². The molecule has 1 aliphatic rings. The molecule has 4 heteroatoms. The first-order valence-corrected chi connectivity index (χ1v) is 6.37. The second kappa shape index (κ2) is 4.09. The van der Waals surface area contributed by atoms with Gasteiger partial charge in [-0.3, -0.25) is 4.79 Å². The van der Waals surface area contributed by atoms with Gasteiger partial charge in [-0.15, -0.1) is 0 Å². The molecular weight excluding hydrogens is 270 g/mol. The van der Waals surface area contributed by atoms with Crippen LogP contribution in [0.15, 0.2) is 18.2 Å². The van der Waals surface area contributed by atoms with E-state index in [4.69, 9.17) is 0 Å². The minimum absolute atomic E-state index is 0.0356. The van der Waals surface area contributed by atoms with Gasteiger partial charge >= 0.3 is 0 Å². The highest BCUT2D eigenvalue weighted by Gasteiger charge is 2.43. The van der Waals surface area contributed by atoms with E-state index in [1.165, 1.54) is 0 Å². The molecule has 2 N–H and O–H groups in total. The molecule has 0 heterocycles. The number of aromatic hydroxyl groups is 1. The Kier molecular flexibility index (Phi) is 2.93. The number of phenols is 1. The summed E-state index contributed by atoms with van der Waals surface area (Å²) in [6.07, 6.45) is 1.99. The maximum atomic E-state index is 11.9. The van der Waals surface area contributed by atoms with E-state index in [9.17, 15) is 9.90 Å². The van der Waals surface area contributed by atoms with Crippen LogP contribution in [0, 0.1) is 6.92 Å². The van der Waals surface area contributed by atoms with Crippen LogP contribution in [0.5, 0.6) is 5.75 Å². The maximum absolute atomic E-state index is 11.9. The molecule has 0 radical (unpaired) electrons. The van der Waals surface area contributed by atoms with E-state index in [1.807, 2.05) is 6.92 Å². The van der Waals surface area contributed by atoms with Crippen LogP contribution in [0.3, 0.4) is 0 Å². The lowest BCUT2D eigenvalue weighted by Crippen LogP contribution is -2.38. The highest BCUT2D eigenvalue weighted by molar-refractivity contribution is 9.09. The van der Waals surface area contributed by atoms with E-state index in [0.717, 1.165) is 23.7 Å².